The van der Waals surface area contributed by atoms with Crippen LogP contribution in [0.25, 0.3) is 0 Å². The number of anilines is 1. The number of nitrogens with one attached hydrogen (secondary N) is 1. The van der Waals surface area contributed by atoms with E-state index in [-0.39, 0.29) is 18.2 Å². The molecule has 0 aromatic heterocycles. The first-order valence-electron chi connectivity index (χ1n) is 10.5. The second-order valence-corrected chi connectivity index (χ2v) is 8.74. The minimum absolute atomic E-state index is 0.0885. The molecule has 8 heteroatoms. The number of benzodiazepines with no additional fused rings is 1. The quantitative estimate of drug-likeness (QED) is 0.671. The minimum Gasteiger partial charge on any atom is -0.370 e. The Labute approximate surface area is 192 Å². The molecule has 2 aromatic carbocycles. The normalized spacial score (nSPS) is 16.8. The fraction of sp³-hybridized carbons (Fsp3) is 0.333. The Morgan fingerprint density at radius 1 is 1.16 bits per heavy atom. The number of fused-ring (bicyclic) bond motifs is 1. The molecule has 1 heterocycles. The van der Waals surface area contributed by atoms with Crippen molar-refractivity contribution in [2.75, 3.05) is 11.9 Å². The predicted octanol–water partition coefficient (Wildman–Crippen LogP) is 3.13. The van der Waals surface area contributed by atoms with Gasteiger partial charge in [0, 0.05) is 35.5 Å². The van der Waals surface area contributed by atoms with E-state index >= 15 is 0 Å². The maximum Gasteiger partial charge on any atom is 0.272 e. The molecular weight excluding hydrogens is 428 g/mol. The first-order chi connectivity index (χ1) is 15.2. The second-order valence-electron chi connectivity index (χ2n) is 8.31. The van der Waals surface area contributed by atoms with Gasteiger partial charge < -0.3 is 16.0 Å². The lowest BCUT2D eigenvalue weighted by atomic mass is 9.93. The first-order valence-corrected chi connectivity index (χ1v) is 10.8. The van der Waals surface area contributed by atoms with Crippen LogP contribution in [0.5, 0.6) is 0 Å². The van der Waals surface area contributed by atoms with E-state index in [0.717, 1.165) is 11.1 Å². The van der Waals surface area contributed by atoms with Gasteiger partial charge in [-0.25, -0.2) is 4.99 Å². The van der Waals surface area contributed by atoms with Crippen molar-refractivity contribution in [2.24, 2.45) is 22.6 Å². The molecule has 2 aromatic rings. The highest BCUT2D eigenvalue weighted by Crippen LogP contribution is 2.28. The van der Waals surface area contributed by atoms with Crippen molar-refractivity contribution in [1.29, 1.82) is 0 Å². The Hall–Kier alpha value is -3.19. The molecular formula is C24H27ClN4O3. The summed E-state index contributed by atoms with van der Waals surface area (Å²) in [5.74, 6) is -1.82. The average Bonchev–Trinajstić information content (AvgIpc) is 2.84. The number of amides is 3. The van der Waals surface area contributed by atoms with E-state index in [1.165, 1.54) is 4.90 Å². The van der Waals surface area contributed by atoms with Gasteiger partial charge in [0.05, 0.1) is 11.4 Å². The van der Waals surface area contributed by atoms with E-state index in [1.54, 1.807) is 19.2 Å². The van der Waals surface area contributed by atoms with Crippen LogP contribution >= 0.6 is 11.6 Å². The summed E-state index contributed by atoms with van der Waals surface area (Å²) in [5, 5.41) is 3.33. The van der Waals surface area contributed by atoms with Crippen molar-refractivity contribution in [1.82, 2.24) is 5.32 Å². The minimum atomic E-state index is -1.15. The Kier molecular flexibility index (Phi) is 7.30. The topological polar surface area (TPSA) is 105 Å². The van der Waals surface area contributed by atoms with Crippen LogP contribution in [0.15, 0.2) is 53.5 Å². The summed E-state index contributed by atoms with van der Waals surface area (Å²) in [6.07, 6.45) is -0.762. The van der Waals surface area contributed by atoms with Gasteiger partial charge in [-0.15, -0.1) is 0 Å². The summed E-state index contributed by atoms with van der Waals surface area (Å²) in [5.41, 5.74) is 8.12. The zero-order valence-corrected chi connectivity index (χ0v) is 19.1. The molecule has 0 aliphatic carbocycles. The molecule has 2 atom stereocenters. The van der Waals surface area contributed by atoms with E-state index in [0.29, 0.717) is 22.8 Å². The fourth-order valence-corrected chi connectivity index (χ4v) is 3.93. The highest BCUT2D eigenvalue weighted by atomic mass is 35.5. The molecule has 1 aliphatic rings. The van der Waals surface area contributed by atoms with Crippen molar-refractivity contribution >= 4 is 40.7 Å². The number of rotatable bonds is 7. The number of nitrogens with two attached hydrogens (primary N) is 1. The van der Waals surface area contributed by atoms with Gasteiger partial charge in [-0.2, -0.15) is 0 Å². The van der Waals surface area contributed by atoms with E-state index in [1.807, 2.05) is 50.2 Å². The van der Waals surface area contributed by atoms with Crippen LogP contribution in [0, 0.1) is 11.8 Å². The molecule has 0 saturated heterocycles. The van der Waals surface area contributed by atoms with Gasteiger partial charge in [-0.1, -0.05) is 55.8 Å². The summed E-state index contributed by atoms with van der Waals surface area (Å²) in [4.78, 5) is 43.9. The van der Waals surface area contributed by atoms with Crippen molar-refractivity contribution in [3.8, 4) is 0 Å². The van der Waals surface area contributed by atoms with Crippen molar-refractivity contribution in [2.45, 2.75) is 32.9 Å². The van der Waals surface area contributed by atoms with Gasteiger partial charge in [0.15, 0.2) is 0 Å². The number of primary amides is 1. The summed E-state index contributed by atoms with van der Waals surface area (Å²) >= 11 is 6.05. The number of halogens is 1. The van der Waals surface area contributed by atoms with Crippen LogP contribution in [-0.2, 0) is 14.4 Å². The molecule has 0 fully saturated rings. The summed E-state index contributed by atoms with van der Waals surface area (Å²) in [6.45, 7) is 3.92. The Morgan fingerprint density at radius 3 is 2.44 bits per heavy atom. The van der Waals surface area contributed by atoms with Gasteiger partial charge in [0.1, 0.15) is 0 Å². The van der Waals surface area contributed by atoms with Crippen LogP contribution < -0.4 is 16.0 Å². The molecule has 3 N–H and O–H groups in total. The van der Waals surface area contributed by atoms with Gasteiger partial charge in [-0.05, 0) is 30.5 Å². The molecule has 0 bridgehead atoms. The molecule has 2 unspecified atom stereocenters. The van der Waals surface area contributed by atoms with Crippen LogP contribution in [0.4, 0.5) is 5.69 Å². The molecule has 32 heavy (non-hydrogen) atoms. The second kappa shape index (κ2) is 9.96. The number of likely N-dealkylation sites (N-methyl/N-ethyl adjacent to an activating group) is 1. The van der Waals surface area contributed by atoms with Gasteiger partial charge in [0.2, 0.25) is 18.0 Å². The Bertz CT molecular complexity index is 1050. The third kappa shape index (κ3) is 5.34. The van der Waals surface area contributed by atoms with E-state index in [9.17, 15) is 14.4 Å². The summed E-state index contributed by atoms with van der Waals surface area (Å²) in [7, 11) is 1.65. The summed E-state index contributed by atoms with van der Waals surface area (Å²) < 4.78 is 0. The molecule has 1 aliphatic heterocycles. The highest BCUT2D eigenvalue weighted by Gasteiger charge is 2.33. The number of aliphatic imine (C=N–C) groups is 1. The molecule has 7 nitrogen and oxygen atoms in total. The lowest BCUT2D eigenvalue weighted by molar-refractivity contribution is -0.132. The SMILES string of the molecule is CC(C)CC(CC(N)=O)C(=O)NC1N=C(c2ccc(Cl)cc2)c2ccccc2N(C)C1=O. The van der Waals surface area contributed by atoms with Gasteiger partial charge in [-0.3, -0.25) is 14.4 Å². The summed E-state index contributed by atoms with van der Waals surface area (Å²) in [6, 6.07) is 14.6. The molecule has 0 saturated carbocycles. The molecule has 0 radical (unpaired) electrons. The maximum absolute atomic E-state index is 13.2. The molecule has 3 rings (SSSR count). The van der Waals surface area contributed by atoms with Crippen molar-refractivity contribution < 1.29 is 14.4 Å². The van der Waals surface area contributed by atoms with Gasteiger partial charge in [0.25, 0.3) is 5.91 Å². The van der Waals surface area contributed by atoms with Crippen LogP contribution in [-0.4, -0.2) is 36.6 Å². The van der Waals surface area contributed by atoms with Crippen LogP contribution in [0.3, 0.4) is 0 Å². The van der Waals surface area contributed by atoms with Crippen molar-refractivity contribution in [3.05, 3.63) is 64.7 Å². The lowest BCUT2D eigenvalue weighted by Gasteiger charge is -2.23. The number of hydrogen-bond acceptors (Lipinski definition) is 4. The first kappa shape index (κ1) is 23.5. The zero-order valence-electron chi connectivity index (χ0n) is 18.3. The standard InChI is InChI=1S/C24H27ClN4O3/c1-14(2)12-16(13-20(26)30)23(31)28-22-24(32)29(3)19-7-5-4-6-18(19)21(27-22)15-8-10-17(25)11-9-15/h4-11,14,16,22H,12-13H2,1-3H3,(H2,26,30)(H,28,31). The van der Waals surface area contributed by atoms with Gasteiger partial charge >= 0.3 is 0 Å². The zero-order chi connectivity index (χ0) is 23.4. The molecule has 168 valence electrons. The largest absolute Gasteiger partial charge is 0.370 e. The number of para-hydroxylation sites is 1. The molecule has 0 spiro atoms. The Balaban J connectivity index is 2.02. The average molecular weight is 455 g/mol. The van der Waals surface area contributed by atoms with Crippen LogP contribution in [0.1, 0.15) is 37.8 Å². The fourth-order valence-electron chi connectivity index (χ4n) is 3.80. The predicted molar refractivity (Wildman–Crippen MR) is 126 cm³/mol. The number of benzene rings is 2. The monoisotopic (exact) mass is 454 g/mol. The number of nitrogens with zero attached hydrogens (tertiary/aromatic N) is 2. The number of carbonyl (C=O) groups is 3. The van der Waals surface area contributed by atoms with E-state index in [2.05, 4.69) is 10.3 Å². The van der Waals surface area contributed by atoms with E-state index < -0.39 is 23.9 Å². The molecule has 3 amide bonds. The third-order valence-corrected chi connectivity index (χ3v) is 5.57. The number of carbonyl (C=O) groups excluding carboxylic acids is 3. The lowest BCUT2D eigenvalue weighted by Crippen LogP contribution is -2.48. The third-order valence-electron chi connectivity index (χ3n) is 5.31. The Morgan fingerprint density at radius 2 is 1.81 bits per heavy atom. The van der Waals surface area contributed by atoms with Crippen LogP contribution in [0.2, 0.25) is 5.02 Å². The maximum atomic E-state index is 13.2. The van der Waals surface area contributed by atoms with Crippen molar-refractivity contribution in [3.63, 3.8) is 0 Å². The highest BCUT2D eigenvalue weighted by molar-refractivity contribution is 6.30. The van der Waals surface area contributed by atoms with E-state index in [4.69, 9.17) is 17.3 Å². The number of hydrogen-bond donors (Lipinski definition) is 2. The smallest absolute Gasteiger partial charge is 0.272 e.